The quantitative estimate of drug-likeness (QED) is 0.812. The summed E-state index contributed by atoms with van der Waals surface area (Å²) in [5.41, 5.74) is 0. The molecule has 0 saturated carbocycles. The smallest absolute Gasteiger partial charge is 0.366 e. The summed E-state index contributed by atoms with van der Waals surface area (Å²) in [6.07, 6.45) is 0. The van der Waals surface area contributed by atoms with Crippen LogP contribution in [0.3, 0.4) is 0 Å². The zero-order valence-corrected chi connectivity index (χ0v) is 11.7. The normalized spacial score (nSPS) is 16.1. The number of phenols is 1. The first-order valence-electron chi connectivity index (χ1n) is 4.60. The number of aromatic hydroxyl groups is 1. The zero-order valence-electron chi connectivity index (χ0n) is 8.69. The molecule has 0 bridgehead atoms. The summed E-state index contributed by atoms with van der Waals surface area (Å²) in [5, 5.41) is 14.5. The molecular formula is C10H8Cl4O4. The molecule has 0 radical (unpaired) electrons. The van der Waals surface area contributed by atoms with Crippen LogP contribution in [0.25, 0.3) is 0 Å². The maximum Gasteiger partial charge on any atom is 0.366 e. The number of hydrogen-bond acceptors (Lipinski definition) is 3. The molecule has 0 aromatic heterocycles. The third-order valence-electron chi connectivity index (χ3n) is 1.97. The van der Waals surface area contributed by atoms with Gasteiger partial charge >= 0.3 is 5.97 Å². The number of phenolic OH excluding ortho intramolecular Hbond substituents is 1. The molecule has 8 heteroatoms. The van der Waals surface area contributed by atoms with Gasteiger partial charge in [-0.1, -0.05) is 11.6 Å². The van der Waals surface area contributed by atoms with E-state index in [-0.39, 0.29) is 11.5 Å². The van der Waals surface area contributed by atoms with Gasteiger partial charge in [0.05, 0.1) is 0 Å². The maximum atomic E-state index is 11.1. The molecule has 4 nitrogen and oxygen atoms in total. The summed E-state index contributed by atoms with van der Waals surface area (Å²) >= 11 is 22.6. The summed E-state index contributed by atoms with van der Waals surface area (Å²) < 4.78 is 5.10. The SMILES string of the molecule is O=C(O)C(Cl)(Oc1ccc(O)cc1)C(Cl)C(Cl)Cl. The van der Waals surface area contributed by atoms with Crippen LogP contribution in [-0.2, 0) is 4.79 Å². The van der Waals surface area contributed by atoms with Crippen molar-refractivity contribution >= 4 is 52.4 Å². The molecule has 1 rings (SSSR count). The minimum Gasteiger partial charge on any atom is -0.508 e. The lowest BCUT2D eigenvalue weighted by molar-refractivity contribution is -0.148. The Kier molecular flexibility index (Phi) is 5.22. The van der Waals surface area contributed by atoms with Gasteiger partial charge in [0.15, 0.2) is 0 Å². The standard InChI is InChI=1S/C10H8Cl4O4/c11-7(8(12)13)10(14,9(16)17)18-6-3-1-5(15)2-4-6/h1-4,7-8,15H,(H,16,17). The molecule has 0 aliphatic rings. The molecule has 1 aromatic carbocycles. The predicted octanol–water partition coefficient (Wildman–Crippen LogP) is 3.20. The molecule has 0 saturated heterocycles. The first-order valence-corrected chi connectivity index (χ1v) is 6.28. The molecule has 0 spiro atoms. The number of carboxylic acids is 1. The van der Waals surface area contributed by atoms with Gasteiger partial charge in [0.1, 0.15) is 21.7 Å². The van der Waals surface area contributed by atoms with Gasteiger partial charge in [-0.2, -0.15) is 0 Å². The van der Waals surface area contributed by atoms with Crippen LogP contribution in [0.4, 0.5) is 0 Å². The first-order chi connectivity index (χ1) is 8.27. The van der Waals surface area contributed by atoms with E-state index in [9.17, 15) is 4.79 Å². The summed E-state index contributed by atoms with van der Waals surface area (Å²) in [6, 6.07) is 5.26. The summed E-state index contributed by atoms with van der Waals surface area (Å²) in [5.74, 6) is -1.43. The van der Waals surface area contributed by atoms with Gasteiger partial charge in [-0.25, -0.2) is 4.79 Å². The Morgan fingerprint density at radius 2 is 1.72 bits per heavy atom. The average molecular weight is 334 g/mol. The van der Waals surface area contributed by atoms with Crippen molar-refractivity contribution in [3.8, 4) is 11.5 Å². The van der Waals surface area contributed by atoms with Crippen LogP contribution in [0.1, 0.15) is 0 Å². The van der Waals surface area contributed by atoms with E-state index in [2.05, 4.69) is 0 Å². The second kappa shape index (κ2) is 6.06. The fourth-order valence-corrected chi connectivity index (χ4v) is 1.90. The van der Waals surface area contributed by atoms with Gasteiger partial charge in [-0.3, -0.25) is 0 Å². The monoisotopic (exact) mass is 332 g/mol. The van der Waals surface area contributed by atoms with E-state index in [1.807, 2.05) is 0 Å². The molecule has 0 aliphatic carbocycles. The lowest BCUT2D eigenvalue weighted by Gasteiger charge is -2.28. The molecule has 0 aliphatic heterocycles. The second-order valence-corrected chi connectivity index (χ2v) is 5.48. The van der Waals surface area contributed by atoms with Crippen LogP contribution in [0, 0.1) is 0 Å². The van der Waals surface area contributed by atoms with Gasteiger partial charge in [-0.05, 0) is 24.3 Å². The Morgan fingerprint density at radius 1 is 1.22 bits per heavy atom. The molecular weight excluding hydrogens is 326 g/mol. The fraction of sp³-hybridized carbons (Fsp3) is 0.300. The number of halogens is 4. The highest BCUT2D eigenvalue weighted by molar-refractivity contribution is 6.51. The summed E-state index contributed by atoms with van der Waals surface area (Å²) in [4.78, 5) is 9.89. The second-order valence-electron chi connectivity index (χ2n) is 3.28. The highest BCUT2D eigenvalue weighted by atomic mass is 35.5. The van der Waals surface area contributed by atoms with Crippen molar-refractivity contribution in [2.45, 2.75) is 15.3 Å². The Labute approximate surface area is 123 Å². The maximum absolute atomic E-state index is 11.1. The molecule has 0 heterocycles. The van der Waals surface area contributed by atoms with Crippen LogP contribution in [0.5, 0.6) is 11.5 Å². The van der Waals surface area contributed by atoms with Crippen molar-refractivity contribution < 1.29 is 19.7 Å². The van der Waals surface area contributed by atoms with Crippen LogP contribution >= 0.6 is 46.4 Å². The Morgan fingerprint density at radius 3 is 2.11 bits per heavy atom. The summed E-state index contributed by atoms with van der Waals surface area (Å²) in [6.45, 7) is 0. The number of carboxylic acid groups (broad SMARTS) is 1. The van der Waals surface area contributed by atoms with Crippen LogP contribution < -0.4 is 4.74 Å². The molecule has 2 atom stereocenters. The van der Waals surface area contributed by atoms with E-state index in [0.717, 1.165) is 0 Å². The third-order valence-corrected chi connectivity index (χ3v) is 3.88. The van der Waals surface area contributed by atoms with Crippen LogP contribution in [-0.4, -0.2) is 31.5 Å². The molecule has 18 heavy (non-hydrogen) atoms. The Bertz CT molecular complexity index is 422. The highest BCUT2D eigenvalue weighted by Crippen LogP contribution is 2.34. The topological polar surface area (TPSA) is 66.8 Å². The highest BCUT2D eigenvalue weighted by Gasteiger charge is 2.49. The van der Waals surface area contributed by atoms with Crippen molar-refractivity contribution in [3.05, 3.63) is 24.3 Å². The Hall–Kier alpha value is -0.550. The van der Waals surface area contributed by atoms with E-state index >= 15 is 0 Å². The molecule has 0 amide bonds. The van der Waals surface area contributed by atoms with Gasteiger partial charge < -0.3 is 14.9 Å². The average Bonchev–Trinajstić information content (AvgIpc) is 2.30. The van der Waals surface area contributed by atoms with E-state index in [1.165, 1.54) is 24.3 Å². The number of carbonyl (C=O) groups is 1. The van der Waals surface area contributed by atoms with Crippen LogP contribution in [0.15, 0.2) is 24.3 Å². The van der Waals surface area contributed by atoms with Gasteiger partial charge in [0.25, 0.3) is 5.06 Å². The first kappa shape index (κ1) is 15.5. The minimum absolute atomic E-state index is 0.00663. The van der Waals surface area contributed by atoms with E-state index in [4.69, 9.17) is 61.4 Å². The largest absolute Gasteiger partial charge is 0.508 e. The van der Waals surface area contributed by atoms with Crippen LogP contribution in [0.2, 0.25) is 0 Å². The number of aliphatic carboxylic acids is 1. The zero-order chi connectivity index (χ0) is 13.9. The predicted molar refractivity (Wildman–Crippen MR) is 70.1 cm³/mol. The molecule has 2 N–H and O–H groups in total. The van der Waals surface area contributed by atoms with Gasteiger partial charge in [0, 0.05) is 0 Å². The van der Waals surface area contributed by atoms with Crippen molar-refractivity contribution in [2.24, 2.45) is 0 Å². The third kappa shape index (κ3) is 3.48. The summed E-state index contributed by atoms with van der Waals surface area (Å²) in [7, 11) is 0. The number of ether oxygens (including phenoxy) is 1. The number of rotatable bonds is 5. The number of alkyl halides is 4. The number of benzene rings is 1. The molecule has 0 fully saturated rings. The number of hydrogen-bond donors (Lipinski definition) is 2. The Balaban J connectivity index is 3.00. The van der Waals surface area contributed by atoms with E-state index in [1.54, 1.807) is 0 Å². The lowest BCUT2D eigenvalue weighted by Crippen LogP contribution is -2.49. The fourth-order valence-electron chi connectivity index (χ4n) is 1.07. The van der Waals surface area contributed by atoms with Gasteiger partial charge in [-0.15, -0.1) is 34.8 Å². The van der Waals surface area contributed by atoms with Gasteiger partial charge in [0.2, 0.25) is 0 Å². The molecule has 2 unspecified atom stereocenters. The van der Waals surface area contributed by atoms with Crippen molar-refractivity contribution in [1.29, 1.82) is 0 Å². The van der Waals surface area contributed by atoms with Crippen molar-refractivity contribution in [3.63, 3.8) is 0 Å². The minimum atomic E-state index is -2.31. The molecule has 100 valence electrons. The van der Waals surface area contributed by atoms with E-state index in [0.29, 0.717) is 0 Å². The van der Waals surface area contributed by atoms with Crippen molar-refractivity contribution in [2.75, 3.05) is 0 Å². The lowest BCUT2D eigenvalue weighted by atomic mass is 10.2. The van der Waals surface area contributed by atoms with Crippen molar-refractivity contribution in [1.82, 2.24) is 0 Å². The molecule has 1 aromatic rings. The van der Waals surface area contributed by atoms with E-state index < -0.39 is 21.2 Å².